The van der Waals surface area contributed by atoms with Gasteiger partial charge in [0.1, 0.15) is 6.61 Å². The molecule has 0 fully saturated rings. The fourth-order valence-electron chi connectivity index (χ4n) is 1.37. The first-order valence-electron chi connectivity index (χ1n) is 5.34. The van der Waals surface area contributed by atoms with Gasteiger partial charge < -0.3 is 10.4 Å². The van der Waals surface area contributed by atoms with Gasteiger partial charge in [0.15, 0.2) is 0 Å². The summed E-state index contributed by atoms with van der Waals surface area (Å²) in [6, 6.07) is 11.0. The van der Waals surface area contributed by atoms with Crippen LogP contribution in [0.1, 0.15) is 15.2 Å². The van der Waals surface area contributed by atoms with Crippen molar-refractivity contribution in [1.82, 2.24) is 0 Å². The van der Waals surface area contributed by atoms with Crippen molar-refractivity contribution in [2.75, 3.05) is 11.9 Å². The fourth-order valence-corrected chi connectivity index (χ4v) is 2.13. The summed E-state index contributed by atoms with van der Waals surface area (Å²) < 4.78 is 0. The van der Waals surface area contributed by atoms with Crippen LogP contribution in [-0.2, 0) is 0 Å². The topological polar surface area (TPSA) is 49.3 Å². The second-order valence-corrected chi connectivity index (χ2v) is 4.39. The Bertz CT molecular complexity index is 593. The highest BCUT2D eigenvalue weighted by atomic mass is 32.1. The largest absolute Gasteiger partial charge is 0.384 e. The van der Waals surface area contributed by atoms with E-state index < -0.39 is 0 Å². The number of hydrogen-bond acceptors (Lipinski definition) is 3. The molecular formula is C14H11NO2S. The number of amides is 1. The van der Waals surface area contributed by atoms with Crippen molar-refractivity contribution in [2.24, 2.45) is 0 Å². The minimum absolute atomic E-state index is 0.158. The monoisotopic (exact) mass is 257 g/mol. The Morgan fingerprint density at radius 2 is 2.11 bits per heavy atom. The van der Waals surface area contributed by atoms with Crippen LogP contribution < -0.4 is 5.32 Å². The maximum Gasteiger partial charge on any atom is 0.256 e. The minimum atomic E-state index is -0.177. The lowest BCUT2D eigenvalue weighted by molar-refractivity contribution is 0.102. The average molecular weight is 257 g/mol. The molecule has 0 saturated carbocycles. The van der Waals surface area contributed by atoms with Gasteiger partial charge in [-0.15, -0.1) is 11.3 Å². The number of para-hydroxylation sites is 1. The van der Waals surface area contributed by atoms with Gasteiger partial charge in [0, 0.05) is 11.1 Å². The molecule has 0 unspecified atom stereocenters. The smallest absolute Gasteiger partial charge is 0.256 e. The van der Waals surface area contributed by atoms with Gasteiger partial charge in [-0.25, -0.2) is 0 Å². The standard InChI is InChI=1S/C14H11NO2S/c16-8-4-7-13-9-11(10-18-13)14(17)15-12-5-2-1-3-6-12/h1-3,5-6,9-10,16H,8H2,(H,15,17). The van der Waals surface area contributed by atoms with E-state index in [1.807, 2.05) is 30.3 Å². The summed E-state index contributed by atoms with van der Waals surface area (Å²) in [5, 5.41) is 13.1. The lowest BCUT2D eigenvalue weighted by Crippen LogP contribution is -2.10. The van der Waals surface area contributed by atoms with Crippen LogP contribution in [0.3, 0.4) is 0 Å². The van der Waals surface area contributed by atoms with E-state index in [0.717, 1.165) is 10.6 Å². The number of rotatable bonds is 2. The molecule has 18 heavy (non-hydrogen) atoms. The quantitative estimate of drug-likeness (QED) is 0.811. The number of aliphatic hydroxyl groups is 1. The van der Waals surface area contributed by atoms with Crippen LogP contribution in [0, 0.1) is 11.8 Å². The van der Waals surface area contributed by atoms with E-state index in [1.165, 1.54) is 11.3 Å². The zero-order chi connectivity index (χ0) is 12.8. The third-order valence-electron chi connectivity index (χ3n) is 2.18. The molecule has 2 aromatic rings. The predicted molar refractivity (Wildman–Crippen MR) is 72.7 cm³/mol. The second-order valence-electron chi connectivity index (χ2n) is 3.48. The van der Waals surface area contributed by atoms with Crippen molar-refractivity contribution in [3.8, 4) is 11.8 Å². The fraction of sp³-hybridized carbons (Fsp3) is 0.0714. The minimum Gasteiger partial charge on any atom is -0.384 e. The Morgan fingerprint density at radius 1 is 1.33 bits per heavy atom. The Labute approximate surface area is 109 Å². The number of carbonyl (C=O) groups is 1. The zero-order valence-electron chi connectivity index (χ0n) is 9.51. The molecule has 0 radical (unpaired) electrons. The molecule has 90 valence electrons. The molecule has 0 saturated heterocycles. The van der Waals surface area contributed by atoms with E-state index >= 15 is 0 Å². The van der Waals surface area contributed by atoms with Crippen LogP contribution in [0.25, 0.3) is 0 Å². The van der Waals surface area contributed by atoms with Crippen molar-refractivity contribution < 1.29 is 9.90 Å². The highest BCUT2D eigenvalue weighted by molar-refractivity contribution is 7.10. The molecule has 0 aliphatic carbocycles. The molecule has 0 bridgehead atoms. The highest BCUT2D eigenvalue weighted by Crippen LogP contribution is 2.15. The molecule has 1 aromatic heterocycles. The van der Waals surface area contributed by atoms with Gasteiger partial charge in [-0.3, -0.25) is 4.79 Å². The number of aliphatic hydroxyl groups excluding tert-OH is 1. The third kappa shape index (κ3) is 3.20. The van der Waals surface area contributed by atoms with Gasteiger partial charge in [0.05, 0.1) is 10.4 Å². The molecule has 3 nitrogen and oxygen atoms in total. The van der Waals surface area contributed by atoms with Gasteiger partial charge in [0.25, 0.3) is 5.91 Å². The van der Waals surface area contributed by atoms with E-state index in [1.54, 1.807) is 11.4 Å². The molecule has 2 rings (SSSR count). The first kappa shape index (κ1) is 12.4. The first-order valence-corrected chi connectivity index (χ1v) is 6.22. The Kier molecular flexibility index (Phi) is 4.13. The average Bonchev–Trinajstić information content (AvgIpc) is 2.86. The summed E-state index contributed by atoms with van der Waals surface area (Å²) in [6.45, 7) is -0.177. The Hall–Kier alpha value is -2.09. The number of nitrogens with one attached hydrogen (secondary N) is 1. The van der Waals surface area contributed by atoms with Crippen LogP contribution in [-0.4, -0.2) is 17.6 Å². The number of thiophene rings is 1. The SMILES string of the molecule is O=C(Nc1ccccc1)c1csc(C#CCO)c1. The molecule has 0 aliphatic heterocycles. The summed E-state index contributed by atoms with van der Waals surface area (Å²) in [5.74, 6) is 5.16. The van der Waals surface area contributed by atoms with E-state index in [-0.39, 0.29) is 12.5 Å². The van der Waals surface area contributed by atoms with Gasteiger partial charge in [-0.05, 0) is 18.2 Å². The number of anilines is 1. The van der Waals surface area contributed by atoms with Gasteiger partial charge in [0.2, 0.25) is 0 Å². The molecule has 1 heterocycles. The van der Waals surface area contributed by atoms with E-state index in [0.29, 0.717) is 5.56 Å². The van der Waals surface area contributed by atoms with E-state index in [9.17, 15) is 4.79 Å². The van der Waals surface area contributed by atoms with Gasteiger partial charge >= 0.3 is 0 Å². The molecule has 0 atom stereocenters. The molecule has 1 aromatic carbocycles. The van der Waals surface area contributed by atoms with E-state index in [4.69, 9.17) is 5.11 Å². The summed E-state index contributed by atoms with van der Waals surface area (Å²) >= 11 is 1.38. The lowest BCUT2D eigenvalue weighted by Gasteiger charge is -2.02. The maximum absolute atomic E-state index is 11.9. The van der Waals surface area contributed by atoms with Crippen LogP contribution in [0.2, 0.25) is 0 Å². The molecule has 1 amide bonds. The third-order valence-corrected chi connectivity index (χ3v) is 3.03. The summed E-state index contributed by atoms with van der Waals surface area (Å²) in [5.41, 5.74) is 1.34. The van der Waals surface area contributed by atoms with Crippen molar-refractivity contribution in [2.45, 2.75) is 0 Å². The van der Waals surface area contributed by atoms with Crippen LogP contribution >= 0.6 is 11.3 Å². The first-order chi connectivity index (χ1) is 8.79. The van der Waals surface area contributed by atoms with Crippen molar-refractivity contribution >= 4 is 22.9 Å². The molecule has 2 N–H and O–H groups in total. The summed E-state index contributed by atoms with van der Waals surface area (Å²) in [6.07, 6.45) is 0. The summed E-state index contributed by atoms with van der Waals surface area (Å²) in [7, 11) is 0. The molecular weight excluding hydrogens is 246 g/mol. The van der Waals surface area contributed by atoms with Crippen molar-refractivity contribution in [3.05, 3.63) is 52.2 Å². The Morgan fingerprint density at radius 3 is 2.83 bits per heavy atom. The maximum atomic E-state index is 11.9. The molecule has 4 heteroatoms. The predicted octanol–water partition coefficient (Wildman–Crippen LogP) is 2.34. The lowest BCUT2D eigenvalue weighted by atomic mass is 10.2. The van der Waals surface area contributed by atoms with Crippen molar-refractivity contribution in [1.29, 1.82) is 0 Å². The number of carbonyl (C=O) groups excluding carboxylic acids is 1. The summed E-state index contributed by atoms with van der Waals surface area (Å²) in [4.78, 5) is 12.7. The zero-order valence-corrected chi connectivity index (χ0v) is 10.3. The second kappa shape index (κ2) is 6.01. The number of hydrogen-bond donors (Lipinski definition) is 2. The van der Waals surface area contributed by atoms with Crippen LogP contribution in [0.5, 0.6) is 0 Å². The van der Waals surface area contributed by atoms with Crippen LogP contribution in [0.15, 0.2) is 41.8 Å². The normalized spacial score (nSPS) is 9.39. The number of benzene rings is 1. The molecule has 0 spiro atoms. The van der Waals surface area contributed by atoms with Gasteiger partial charge in [-0.2, -0.15) is 0 Å². The van der Waals surface area contributed by atoms with E-state index in [2.05, 4.69) is 17.2 Å². The van der Waals surface area contributed by atoms with Crippen LogP contribution in [0.4, 0.5) is 5.69 Å². The molecule has 0 aliphatic rings. The Balaban J connectivity index is 2.08. The highest BCUT2D eigenvalue weighted by Gasteiger charge is 2.07. The van der Waals surface area contributed by atoms with Gasteiger partial charge in [-0.1, -0.05) is 30.0 Å². The van der Waals surface area contributed by atoms with Crippen molar-refractivity contribution in [3.63, 3.8) is 0 Å².